The number of nitrogens with zero attached hydrogens (tertiary/aromatic N) is 4. The second-order valence-electron chi connectivity index (χ2n) is 7.43. The largest absolute Gasteiger partial charge is 0.493 e. The number of anilines is 2. The molecule has 2 aromatic rings. The summed E-state index contributed by atoms with van der Waals surface area (Å²) >= 11 is 0. The number of piperidine rings is 1. The molecular formula is C21H30N4O4. The van der Waals surface area contributed by atoms with Gasteiger partial charge in [-0.05, 0) is 26.0 Å². The van der Waals surface area contributed by atoms with Crippen LogP contribution in [0.15, 0.2) is 18.2 Å². The summed E-state index contributed by atoms with van der Waals surface area (Å²) in [5.74, 6) is 3.41. The van der Waals surface area contributed by atoms with Crippen molar-refractivity contribution in [2.75, 3.05) is 51.2 Å². The van der Waals surface area contributed by atoms with E-state index in [1.54, 1.807) is 26.4 Å². The minimum absolute atomic E-state index is 0.305. The molecule has 0 saturated carbocycles. The molecule has 1 aromatic carbocycles. The standard InChI is InChI=1S/C21H30N4O4/c1-13-14(2)22-21(24(3)4)23-20(13)25-10-9-17(16(26)12-25)29-15-7-8-18(27-5)19(11-15)28-6/h7-8,11,16-17,26H,9-10,12H2,1-6H3/t16-,17-/m1/s1. The highest BCUT2D eigenvalue weighted by atomic mass is 16.5. The van der Waals surface area contributed by atoms with Crippen molar-refractivity contribution in [2.24, 2.45) is 0 Å². The summed E-state index contributed by atoms with van der Waals surface area (Å²) in [7, 11) is 7.03. The maximum atomic E-state index is 10.8. The molecule has 0 aliphatic carbocycles. The maximum absolute atomic E-state index is 10.8. The van der Waals surface area contributed by atoms with Gasteiger partial charge in [0.05, 0.1) is 14.2 Å². The summed E-state index contributed by atoms with van der Waals surface area (Å²) in [6, 6.07) is 5.40. The van der Waals surface area contributed by atoms with Crippen LogP contribution in [0.1, 0.15) is 17.7 Å². The van der Waals surface area contributed by atoms with E-state index in [1.165, 1.54) is 0 Å². The molecule has 8 nitrogen and oxygen atoms in total. The van der Waals surface area contributed by atoms with Gasteiger partial charge in [0, 0.05) is 50.9 Å². The third kappa shape index (κ3) is 4.48. The number of benzene rings is 1. The van der Waals surface area contributed by atoms with Crippen molar-refractivity contribution in [1.82, 2.24) is 9.97 Å². The number of aliphatic hydroxyl groups excluding tert-OH is 1. The quantitative estimate of drug-likeness (QED) is 0.788. The Balaban J connectivity index is 1.73. The Kier molecular flexibility index (Phi) is 6.32. The average molecular weight is 402 g/mol. The van der Waals surface area contributed by atoms with Crippen molar-refractivity contribution in [2.45, 2.75) is 32.5 Å². The van der Waals surface area contributed by atoms with Crippen LogP contribution in [0.2, 0.25) is 0 Å². The first-order chi connectivity index (χ1) is 13.8. The van der Waals surface area contributed by atoms with Gasteiger partial charge in [-0.2, -0.15) is 4.98 Å². The first-order valence-corrected chi connectivity index (χ1v) is 9.68. The smallest absolute Gasteiger partial charge is 0.227 e. The van der Waals surface area contributed by atoms with E-state index in [2.05, 4.69) is 9.88 Å². The Bertz CT molecular complexity index is 859. The van der Waals surface area contributed by atoms with Gasteiger partial charge in [-0.25, -0.2) is 4.98 Å². The molecule has 1 fully saturated rings. The van der Waals surface area contributed by atoms with Gasteiger partial charge in [-0.3, -0.25) is 0 Å². The van der Waals surface area contributed by atoms with Crippen molar-refractivity contribution in [3.8, 4) is 17.2 Å². The molecule has 1 aliphatic rings. The number of hydrogen-bond donors (Lipinski definition) is 1. The van der Waals surface area contributed by atoms with E-state index in [4.69, 9.17) is 19.2 Å². The molecule has 1 aromatic heterocycles. The molecule has 158 valence electrons. The van der Waals surface area contributed by atoms with Gasteiger partial charge in [-0.15, -0.1) is 0 Å². The fourth-order valence-electron chi connectivity index (χ4n) is 3.41. The fourth-order valence-corrected chi connectivity index (χ4v) is 3.41. The van der Waals surface area contributed by atoms with Gasteiger partial charge < -0.3 is 29.1 Å². The van der Waals surface area contributed by atoms with E-state index < -0.39 is 6.10 Å². The number of ether oxygens (including phenoxy) is 3. The molecule has 0 radical (unpaired) electrons. The summed E-state index contributed by atoms with van der Waals surface area (Å²) in [5, 5.41) is 10.8. The van der Waals surface area contributed by atoms with Gasteiger partial charge in [0.1, 0.15) is 23.8 Å². The van der Waals surface area contributed by atoms with Crippen LogP contribution in [0.4, 0.5) is 11.8 Å². The lowest BCUT2D eigenvalue weighted by atomic mass is 10.0. The first-order valence-electron chi connectivity index (χ1n) is 9.68. The number of rotatable bonds is 6. The predicted octanol–water partition coefficient (Wildman–Crippen LogP) is 2.20. The second kappa shape index (κ2) is 8.73. The summed E-state index contributed by atoms with van der Waals surface area (Å²) in [4.78, 5) is 13.2. The van der Waals surface area contributed by atoms with E-state index in [0.717, 1.165) is 23.6 Å². The summed E-state index contributed by atoms with van der Waals surface area (Å²) in [5.41, 5.74) is 1.97. The SMILES string of the molecule is COc1ccc(O[C@@H]2CCN(c3nc(N(C)C)nc(C)c3C)C[C@H]2O)cc1OC. The van der Waals surface area contributed by atoms with E-state index >= 15 is 0 Å². The molecular weight excluding hydrogens is 372 g/mol. The molecule has 2 heterocycles. The van der Waals surface area contributed by atoms with Gasteiger partial charge in [0.15, 0.2) is 11.5 Å². The van der Waals surface area contributed by atoms with Crippen LogP contribution in [0.5, 0.6) is 17.2 Å². The monoisotopic (exact) mass is 402 g/mol. The van der Waals surface area contributed by atoms with Crippen LogP contribution in [0.3, 0.4) is 0 Å². The fraction of sp³-hybridized carbons (Fsp3) is 0.524. The van der Waals surface area contributed by atoms with Crippen LogP contribution in [-0.2, 0) is 0 Å². The minimum Gasteiger partial charge on any atom is -0.493 e. The Labute approximate surface area is 172 Å². The van der Waals surface area contributed by atoms with Crippen LogP contribution in [-0.4, -0.2) is 68.7 Å². The predicted molar refractivity (Wildman–Crippen MR) is 113 cm³/mol. The zero-order valence-electron chi connectivity index (χ0n) is 18.0. The van der Waals surface area contributed by atoms with E-state index in [0.29, 0.717) is 36.2 Å². The van der Waals surface area contributed by atoms with E-state index in [-0.39, 0.29) is 6.10 Å². The zero-order valence-corrected chi connectivity index (χ0v) is 18.0. The molecule has 1 N–H and O–H groups in total. The van der Waals surface area contributed by atoms with Gasteiger partial charge in [-0.1, -0.05) is 0 Å². The van der Waals surface area contributed by atoms with Crippen molar-refractivity contribution in [3.05, 3.63) is 29.5 Å². The van der Waals surface area contributed by atoms with Gasteiger partial charge >= 0.3 is 0 Å². The summed E-state index contributed by atoms with van der Waals surface area (Å²) < 4.78 is 16.6. The summed E-state index contributed by atoms with van der Waals surface area (Å²) in [6.45, 7) is 5.18. The normalized spacial score (nSPS) is 19.1. The first kappa shape index (κ1) is 21.0. The van der Waals surface area contributed by atoms with Crippen LogP contribution in [0, 0.1) is 13.8 Å². The number of aliphatic hydroxyl groups is 1. The highest BCUT2D eigenvalue weighted by molar-refractivity contribution is 5.53. The van der Waals surface area contributed by atoms with Crippen LogP contribution in [0.25, 0.3) is 0 Å². The third-order valence-corrected chi connectivity index (χ3v) is 5.21. The molecule has 0 spiro atoms. The van der Waals surface area contributed by atoms with E-state index in [1.807, 2.05) is 38.9 Å². The molecule has 8 heteroatoms. The lowest BCUT2D eigenvalue weighted by Gasteiger charge is -2.37. The zero-order chi connectivity index (χ0) is 21.1. The Morgan fingerprint density at radius 2 is 1.83 bits per heavy atom. The lowest BCUT2D eigenvalue weighted by Crippen LogP contribution is -2.49. The Hall–Kier alpha value is -2.74. The molecule has 1 saturated heterocycles. The van der Waals surface area contributed by atoms with Crippen LogP contribution >= 0.6 is 0 Å². The van der Waals surface area contributed by atoms with Crippen molar-refractivity contribution in [3.63, 3.8) is 0 Å². The highest BCUT2D eigenvalue weighted by Gasteiger charge is 2.31. The van der Waals surface area contributed by atoms with Crippen molar-refractivity contribution in [1.29, 1.82) is 0 Å². The number of aryl methyl sites for hydroxylation is 1. The van der Waals surface area contributed by atoms with Gasteiger partial charge in [0.2, 0.25) is 5.95 Å². The van der Waals surface area contributed by atoms with Crippen LogP contribution < -0.4 is 24.0 Å². The Morgan fingerprint density at radius 1 is 1.10 bits per heavy atom. The molecule has 2 atom stereocenters. The number of β-amino-alcohol motifs (C(OH)–C–C–N with tert-alkyl or cyclic N) is 1. The van der Waals surface area contributed by atoms with Crippen molar-refractivity contribution < 1.29 is 19.3 Å². The topological polar surface area (TPSA) is 80.2 Å². The molecule has 0 amide bonds. The molecule has 3 rings (SSSR count). The summed E-state index contributed by atoms with van der Waals surface area (Å²) in [6.07, 6.45) is -0.273. The average Bonchev–Trinajstić information content (AvgIpc) is 2.71. The minimum atomic E-state index is -0.644. The highest BCUT2D eigenvalue weighted by Crippen LogP contribution is 2.33. The molecule has 1 aliphatic heterocycles. The van der Waals surface area contributed by atoms with Crippen molar-refractivity contribution >= 4 is 11.8 Å². The molecule has 0 unspecified atom stereocenters. The third-order valence-electron chi connectivity index (χ3n) is 5.21. The number of hydrogen-bond acceptors (Lipinski definition) is 8. The van der Waals surface area contributed by atoms with E-state index in [9.17, 15) is 5.11 Å². The molecule has 0 bridgehead atoms. The van der Waals surface area contributed by atoms with Gasteiger partial charge in [0.25, 0.3) is 0 Å². The second-order valence-corrected chi connectivity index (χ2v) is 7.43. The Morgan fingerprint density at radius 3 is 2.45 bits per heavy atom. The lowest BCUT2D eigenvalue weighted by molar-refractivity contribution is 0.0239. The maximum Gasteiger partial charge on any atom is 0.227 e. The molecule has 29 heavy (non-hydrogen) atoms. The number of aromatic nitrogens is 2. The number of methoxy groups -OCH3 is 2.